The number of hydrogen-bond donors (Lipinski definition) is 0. The normalized spacial score (nSPS) is 12.0. The topological polar surface area (TPSA) is 0 Å². The molecule has 0 heteroatoms. The standard InChI is InChI=1S/C50H30/c1-2-9-32-24-37(17-16-31(32)8-1)39-21-20-38-25-36(18-19-40(38)26-39)33-13-7-14-41(27-33)44-22-23-45-46-28-34-10-3-4-11-35(34)29-47(46)48-30-42-12-5-6-15-43(42)49(44)50(45)48/h1-30H. The first-order valence-electron chi connectivity index (χ1n) is 17.4. The SMILES string of the molecule is c1cc(-c2ccc3cc(-c4ccc5ccccc5c4)ccc3c2)cc(-c2ccc3c4c(cc5ccccc5c24)-c2cc4ccccc4cc2-3)c1. The first kappa shape index (κ1) is 27.5. The number of rotatable bonds is 3. The molecular formula is C50H30. The predicted octanol–water partition coefficient (Wildman–Crippen LogP) is 14.1. The maximum Gasteiger partial charge on any atom is -0.00137 e. The summed E-state index contributed by atoms with van der Waals surface area (Å²) in [5, 5.41) is 12.9. The minimum Gasteiger partial charge on any atom is -0.0616 e. The van der Waals surface area contributed by atoms with Gasteiger partial charge in [0.15, 0.2) is 0 Å². The van der Waals surface area contributed by atoms with Crippen molar-refractivity contribution in [2.24, 2.45) is 0 Å². The molecule has 0 aromatic heterocycles. The Balaban J connectivity index is 1.04. The highest BCUT2D eigenvalue weighted by atomic mass is 14.3. The quantitative estimate of drug-likeness (QED) is 0.170. The van der Waals surface area contributed by atoms with Crippen LogP contribution in [0.15, 0.2) is 182 Å². The van der Waals surface area contributed by atoms with E-state index in [4.69, 9.17) is 0 Å². The van der Waals surface area contributed by atoms with Crippen molar-refractivity contribution >= 4 is 53.9 Å². The summed E-state index contributed by atoms with van der Waals surface area (Å²) in [4.78, 5) is 0. The van der Waals surface area contributed by atoms with Crippen molar-refractivity contribution in [1.29, 1.82) is 0 Å². The molecular weight excluding hydrogens is 601 g/mol. The molecule has 0 saturated heterocycles. The largest absolute Gasteiger partial charge is 0.0616 e. The monoisotopic (exact) mass is 630 g/mol. The van der Waals surface area contributed by atoms with Crippen LogP contribution >= 0.6 is 0 Å². The van der Waals surface area contributed by atoms with Crippen molar-refractivity contribution < 1.29 is 0 Å². The van der Waals surface area contributed by atoms with Crippen LogP contribution in [0.3, 0.4) is 0 Å². The van der Waals surface area contributed by atoms with Crippen LogP contribution in [0.2, 0.25) is 0 Å². The van der Waals surface area contributed by atoms with E-state index < -0.39 is 0 Å². The molecule has 0 radical (unpaired) electrons. The molecule has 0 saturated carbocycles. The van der Waals surface area contributed by atoms with Crippen LogP contribution in [0.5, 0.6) is 0 Å². The molecule has 10 aromatic carbocycles. The van der Waals surface area contributed by atoms with Gasteiger partial charge in [-0.1, -0.05) is 140 Å². The Kier molecular flexibility index (Phi) is 5.76. The summed E-state index contributed by atoms with van der Waals surface area (Å²) in [6, 6.07) is 67.6. The maximum absolute atomic E-state index is 2.41. The van der Waals surface area contributed by atoms with E-state index >= 15 is 0 Å². The maximum atomic E-state index is 2.41. The van der Waals surface area contributed by atoms with Gasteiger partial charge in [0.2, 0.25) is 0 Å². The van der Waals surface area contributed by atoms with Gasteiger partial charge >= 0.3 is 0 Å². The molecule has 0 aliphatic heterocycles. The summed E-state index contributed by atoms with van der Waals surface area (Å²) in [7, 11) is 0. The Hall–Kier alpha value is -6.50. The Labute approximate surface area is 290 Å². The second-order valence-electron chi connectivity index (χ2n) is 13.7. The molecule has 0 nitrogen and oxygen atoms in total. The summed E-state index contributed by atoms with van der Waals surface area (Å²) in [6.07, 6.45) is 0. The van der Waals surface area contributed by atoms with Crippen LogP contribution < -0.4 is 0 Å². The average molecular weight is 631 g/mol. The lowest BCUT2D eigenvalue weighted by molar-refractivity contribution is 1.62. The van der Waals surface area contributed by atoms with Gasteiger partial charge in [0.25, 0.3) is 0 Å². The number of hydrogen-bond acceptors (Lipinski definition) is 0. The van der Waals surface area contributed by atoms with Crippen molar-refractivity contribution in [3.8, 4) is 55.6 Å². The van der Waals surface area contributed by atoms with Crippen molar-refractivity contribution in [3.05, 3.63) is 182 Å². The molecule has 0 bridgehead atoms. The Bertz CT molecular complexity index is 3030. The lowest BCUT2D eigenvalue weighted by atomic mass is 9.89. The number of benzene rings is 10. The van der Waals surface area contributed by atoms with Gasteiger partial charge in [-0.15, -0.1) is 0 Å². The average Bonchev–Trinajstić information content (AvgIpc) is 3.49. The van der Waals surface area contributed by atoms with E-state index in [1.165, 1.54) is 109 Å². The minimum absolute atomic E-state index is 1.23. The molecule has 1 aliphatic rings. The summed E-state index contributed by atoms with van der Waals surface area (Å²) in [6.45, 7) is 0. The summed E-state index contributed by atoms with van der Waals surface area (Å²) < 4.78 is 0. The highest BCUT2D eigenvalue weighted by molar-refractivity contribution is 6.28. The third-order valence-electron chi connectivity index (χ3n) is 10.9. The second kappa shape index (κ2) is 10.5. The van der Waals surface area contributed by atoms with E-state index in [1.54, 1.807) is 0 Å². The second-order valence-corrected chi connectivity index (χ2v) is 13.7. The van der Waals surface area contributed by atoms with Gasteiger partial charge in [-0.2, -0.15) is 0 Å². The lowest BCUT2D eigenvalue weighted by Gasteiger charge is -2.14. The molecule has 11 rings (SSSR count). The molecule has 10 aromatic rings. The van der Waals surface area contributed by atoms with Gasteiger partial charge in [-0.25, -0.2) is 0 Å². The molecule has 1 aliphatic carbocycles. The van der Waals surface area contributed by atoms with E-state index in [-0.39, 0.29) is 0 Å². The molecule has 0 heterocycles. The van der Waals surface area contributed by atoms with Crippen molar-refractivity contribution in [1.82, 2.24) is 0 Å². The smallest absolute Gasteiger partial charge is 0.00137 e. The molecule has 0 spiro atoms. The Morgan fingerprint density at radius 1 is 0.200 bits per heavy atom. The van der Waals surface area contributed by atoms with E-state index in [1.807, 2.05) is 0 Å². The van der Waals surface area contributed by atoms with Crippen LogP contribution in [0.1, 0.15) is 0 Å². The zero-order chi connectivity index (χ0) is 32.8. The van der Waals surface area contributed by atoms with Gasteiger partial charge < -0.3 is 0 Å². The van der Waals surface area contributed by atoms with E-state index in [9.17, 15) is 0 Å². The minimum atomic E-state index is 1.23. The summed E-state index contributed by atoms with van der Waals surface area (Å²) in [5.41, 5.74) is 12.8. The first-order valence-corrected chi connectivity index (χ1v) is 17.4. The highest BCUT2D eigenvalue weighted by Crippen LogP contribution is 2.52. The summed E-state index contributed by atoms with van der Waals surface area (Å²) >= 11 is 0. The third-order valence-corrected chi connectivity index (χ3v) is 10.9. The fourth-order valence-corrected chi connectivity index (χ4v) is 8.44. The van der Waals surface area contributed by atoms with Gasteiger partial charge in [0.05, 0.1) is 0 Å². The van der Waals surface area contributed by atoms with Crippen LogP contribution in [0, 0.1) is 0 Å². The van der Waals surface area contributed by atoms with Crippen LogP contribution in [0.25, 0.3) is 109 Å². The lowest BCUT2D eigenvalue weighted by Crippen LogP contribution is -1.87. The Morgan fingerprint density at radius 2 is 0.660 bits per heavy atom. The van der Waals surface area contributed by atoms with Crippen molar-refractivity contribution in [3.63, 3.8) is 0 Å². The molecule has 0 fully saturated rings. The van der Waals surface area contributed by atoms with E-state index in [0.29, 0.717) is 0 Å². The third kappa shape index (κ3) is 4.12. The van der Waals surface area contributed by atoms with Gasteiger partial charge in [0, 0.05) is 0 Å². The van der Waals surface area contributed by atoms with Gasteiger partial charge in [-0.3, -0.25) is 0 Å². The first-order chi connectivity index (χ1) is 24.7. The highest BCUT2D eigenvalue weighted by Gasteiger charge is 2.25. The van der Waals surface area contributed by atoms with Gasteiger partial charge in [0.1, 0.15) is 0 Å². The van der Waals surface area contributed by atoms with Crippen LogP contribution in [-0.4, -0.2) is 0 Å². The zero-order valence-corrected chi connectivity index (χ0v) is 27.3. The number of fused-ring (bicyclic) bond motifs is 8. The molecule has 230 valence electrons. The molecule has 0 N–H and O–H groups in total. The van der Waals surface area contributed by atoms with E-state index in [2.05, 4.69) is 182 Å². The fourth-order valence-electron chi connectivity index (χ4n) is 8.44. The molecule has 0 atom stereocenters. The molecule has 0 unspecified atom stereocenters. The summed E-state index contributed by atoms with van der Waals surface area (Å²) in [5.74, 6) is 0. The zero-order valence-electron chi connectivity index (χ0n) is 27.3. The fraction of sp³-hybridized carbons (Fsp3) is 0. The van der Waals surface area contributed by atoms with Crippen LogP contribution in [-0.2, 0) is 0 Å². The Morgan fingerprint density at radius 3 is 1.34 bits per heavy atom. The van der Waals surface area contributed by atoms with E-state index in [0.717, 1.165) is 0 Å². The van der Waals surface area contributed by atoms with Gasteiger partial charge in [-0.05, 0) is 152 Å². The molecule has 50 heavy (non-hydrogen) atoms. The van der Waals surface area contributed by atoms with Crippen molar-refractivity contribution in [2.75, 3.05) is 0 Å². The van der Waals surface area contributed by atoms with Crippen molar-refractivity contribution in [2.45, 2.75) is 0 Å². The van der Waals surface area contributed by atoms with Crippen LogP contribution in [0.4, 0.5) is 0 Å². The molecule has 0 amide bonds. The predicted molar refractivity (Wildman–Crippen MR) is 215 cm³/mol.